The summed E-state index contributed by atoms with van der Waals surface area (Å²) >= 11 is 0. The van der Waals surface area contributed by atoms with Crippen molar-refractivity contribution in [2.45, 2.75) is 119 Å². The Labute approximate surface area is 211 Å². The second-order valence-corrected chi connectivity index (χ2v) is 7.75. The van der Waals surface area contributed by atoms with E-state index >= 15 is 0 Å². The topological polar surface area (TPSA) is 69.2 Å². The van der Waals surface area contributed by atoms with Crippen molar-refractivity contribution < 1.29 is 56.6 Å². The molecule has 0 aliphatic rings. The molecule has 168 valence electrons. The zero-order valence-electron chi connectivity index (χ0n) is 20.1. The van der Waals surface area contributed by atoms with Crippen molar-refractivity contribution >= 4 is 0 Å². The molecule has 3 unspecified atom stereocenters. The first-order valence-corrected chi connectivity index (χ1v) is 11.8. The van der Waals surface area contributed by atoms with E-state index in [1.165, 1.54) is 38.5 Å². The van der Waals surface area contributed by atoms with E-state index in [9.17, 15) is 15.3 Å². The average Bonchev–Trinajstić information content (AvgIpc) is 2.71. The molecule has 3 nitrogen and oxygen atoms in total. The van der Waals surface area contributed by atoms with Crippen LogP contribution >= 0.6 is 0 Å². The van der Waals surface area contributed by atoms with Crippen LogP contribution < -0.4 is 15.3 Å². The van der Waals surface area contributed by atoms with E-state index in [0.29, 0.717) is 17.8 Å². The molecule has 0 fully saturated rings. The van der Waals surface area contributed by atoms with E-state index in [0.717, 1.165) is 38.5 Å². The minimum Gasteiger partial charge on any atom is -0.854 e. The van der Waals surface area contributed by atoms with Crippen LogP contribution in [0.3, 0.4) is 0 Å². The van der Waals surface area contributed by atoms with Gasteiger partial charge >= 0.3 is 41.3 Å². The van der Waals surface area contributed by atoms with Gasteiger partial charge in [-0.15, -0.1) is 19.8 Å². The van der Waals surface area contributed by atoms with Gasteiger partial charge < -0.3 is 15.3 Å². The molecule has 3 atom stereocenters. The third kappa shape index (κ3) is 29.4. The van der Waals surface area contributed by atoms with Gasteiger partial charge in [0.25, 0.3) is 0 Å². The predicted molar refractivity (Wildman–Crippen MR) is 115 cm³/mol. The van der Waals surface area contributed by atoms with Gasteiger partial charge in [0.15, 0.2) is 0 Å². The molecule has 0 heterocycles. The standard InChI is InChI=1S/3C8H17O.Pr/c3*1-3-5-6-8(4-2)7-9;/h3*8H,3-7H2,1-2H3;/q3*-1;+3. The zero-order valence-corrected chi connectivity index (χ0v) is 23.8. The van der Waals surface area contributed by atoms with E-state index in [1.807, 2.05) is 0 Å². The molecule has 0 rings (SSSR count). The third-order valence-electron chi connectivity index (χ3n) is 5.34. The van der Waals surface area contributed by atoms with Crippen LogP contribution in [0.15, 0.2) is 0 Å². The summed E-state index contributed by atoms with van der Waals surface area (Å²) in [6.07, 6.45) is 13.9. The second-order valence-electron chi connectivity index (χ2n) is 7.75. The minimum absolute atomic E-state index is 0. The zero-order chi connectivity index (χ0) is 21.3. The summed E-state index contributed by atoms with van der Waals surface area (Å²) in [5.41, 5.74) is 0. The van der Waals surface area contributed by atoms with Crippen LogP contribution in [0.25, 0.3) is 0 Å². The van der Waals surface area contributed by atoms with E-state index in [2.05, 4.69) is 41.5 Å². The van der Waals surface area contributed by atoms with Crippen molar-refractivity contribution in [2.24, 2.45) is 17.8 Å². The van der Waals surface area contributed by atoms with Gasteiger partial charge in [0.05, 0.1) is 0 Å². The Hall–Kier alpha value is 1.24. The summed E-state index contributed by atoms with van der Waals surface area (Å²) in [5.74, 6) is 1.35. The van der Waals surface area contributed by atoms with Crippen LogP contribution in [0.1, 0.15) is 119 Å². The van der Waals surface area contributed by atoms with Crippen molar-refractivity contribution in [3.05, 3.63) is 0 Å². The number of hydrogen-bond acceptors (Lipinski definition) is 3. The fourth-order valence-electron chi connectivity index (χ4n) is 2.69. The molecule has 0 spiro atoms. The Balaban J connectivity index is -0.000000152. The Morgan fingerprint density at radius 1 is 0.464 bits per heavy atom. The molecular formula is C24H51O3Pr. The van der Waals surface area contributed by atoms with Crippen LogP contribution in [0.2, 0.25) is 0 Å². The minimum atomic E-state index is 0. The molecule has 28 heavy (non-hydrogen) atoms. The molecule has 0 radical (unpaired) electrons. The predicted octanol–water partition coefficient (Wildman–Crippen LogP) is 4.69. The summed E-state index contributed by atoms with van der Waals surface area (Å²) in [6.45, 7) is 13.1. The molecule has 0 saturated carbocycles. The SMILES string of the molecule is CCCCC(CC)C[O-].CCCCC(CC)C[O-].CCCCC(CC)C[O-].[Pr+3]. The molecule has 0 aliphatic heterocycles. The van der Waals surface area contributed by atoms with Gasteiger partial charge in [-0.2, -0.15) is 0 Å². The Morgan fingerprint density at radius 2 is 0.679 bits per heavy atom. The van der Waals surface area contributed by atoms with Crippen molar-refractivity contribution in [1.29, 1.82) is 0 Å². The summed E-state index contributed by atoms with van der Waals surface area (Å²) in [4.78, 5) is 0. The summed E-state index contributed by atoms with van der Waals surface area (Å²) < 4.78 is 0. The van der Waals surface area contributed by atoms with Crippen molar-refractivity contribution in [1.82, 2.24) is 0 Å². The fourth-order valence-corrected chi connectivity index (χ4v) is 2.69. The van der Waals surface area contributed by atoms with E-state index in [-0.39, 0.29) is 61.1 Å². The largest absolute Gasteiger partial charge is 3.00 e. The van der Waals surface area contributed by atoms with Crippen LogP contribution in [-0.4, -0.2) is 19.8 Å². The Morgan fingerprint density at radius 3 is 0.786 bits per heavy atom. The fraction of sp³-hybridized carbons (Fsp3) is 1.00. The smallest absolute Gasteiger partial charge is 0.854 e. The van der Waals surface area contributed by atoms with Crippen LogP contribution in [0, 0.1) is 59.0 Å². The van der Waals surface area contributed by atoms with Gasteiger partial charge in [-0.05, 0) is 0 Å². The molecule has 0 N–H and O–H groups in total. The first kappa shape index (κ1) is 36.6. The summed E-state index contributed by atoms with van der Waals surface area (Å²) in [5, 5.41) is 31.1. The first-order chi connectivity index (χ1) is 13.0. The van der Waals surface area contributed by atoms with Gasteiger partial charge in [0.2, 0.25) is 0 Å². The van der Waals surface area contributed by atoms with Crippen molar-refractivity contribution in [3.63, 3.8) is 0 Å². The number of unbranched alkanes of at least 4 members (excludes halogenated alkanes) is 3. The maximum absolute atomic E-state index is 10.4. The van der Waals surface area contributed by atoms with E-state index in [4.69, 9.17) is 0 Å². The van der Waals surface area contributed by atoms with Crippen LogP contribution in [0.4, 0.5) is 0 Å². The summed E-state index contributed by atoms with van der Waals surface area (Å²) in [6, 6.07) is 0. The molecule has 0 aromatic rings. The maximum Gasteiger partial charge on any atom is 3.00 e. The van der Waals surface area contributed by atoms with Gasteiger partial charge in [-0.3, -0.25) is 0 Å². The number of rotatable bonds is 15. The van der Waals surface area contributed by atoms with E-state index in [1.54, 1.807) is 0 Å². The van der Waals surface area contributed by atoms with Gasteiger partial charge in [0, 0.05) is 0 Å². The normalized spacial score (nSPS) is 13.2. The molecule has 4 heteroatoms. The third-order valence-corrected chi connectivity index (χ3v) is 5.34. The number of hydrogen-bond donors (Lipinski definition) is 0. The molecule has 0 bridgehead atoms. The van der Waals surface area contributed by atoms with Gasteiger partial charge in [-0.1, -0.05) is 136 Å². The van der Waals surface area contributed by atoms with Gasteiger partial charge in [0.1, 0.15) is 0 Å². The first-order valence-electron chi connectivity index (χ1n) is 11.8. The molecule has 0 aliphatic carbocycles. The second kappa shape index (κ2) is 32.9. The molecule has 0 amide bonds. The average molecular weight is 529 g/mol. The molecule has 0 aromatic heterocycles. The Kier molecular flexibility index (Phi) is 43.0. The van der Waals surface area contributed by atoms with Gasteiger partial charge in [-0.25, -0.2) is 0 Å². The quantitative estimate of drug-likeness (QED) is 0.310. The Bertz CT molecular complexity index is 190. The molecule has 0 aromatic carbocycles. The summed E-state index contributed by atoms with van der Waals surface area (Å²) in [7, 11) is 0. The van der Waals surface area contributed by atoms with Crippen LogP contribution in [-0.2, 0) is 0 Å². The molecular weight excluding hydrogens is 477 g/mol. The van der Waals surface area contributed by atoms with E-state index < -0.39 is 0 Å². The maximum atomic E-state index is 10.4. The van der Waals surface area contributed by atoms with Crippen molar-refractivity contribution in [2.75, 3.05) is 19.8 Å². The van der Waals surface area contributed by atoms with Crippen molar-refractivity contribution in [3.8, 4) is 0 Å². The molecule has 0 saturated heterocycles. The monoisotopic (exact) mass is 528 g/mol. The van der Waals surface area contributed by atoms with Crippen LogP contribution in [0.5, 0.6) is 0 Å².